The number of methoxy groups -OCH3 is 1. The molecule has 0 radical (unpaired) electrons. The van der Waals surface area contributed by atoms with Gasteiger partial charge in [0.05, 0.1) is 13.7 Å². The van der Waals surface area contributed by atoms with Gasteiger partial charge < -0.3 is 19.7 Å². The number of ether oxygens (including phenoxy) is 2. The number of carbonyl (C=O) groups is 3. The molecular weight excluding hydrogens is 470 g/mol. The maximum absolute atomic E-state index is 13.8. The summed E-state index contributed by atoms with van der Waals surface area (Å²) in [7, 11) is 1.54. The van der Waals surface area contributed by atoms with Gasteiger partial charge in [0.2, 0.25) is 5.91 Å². The molecule has 4 rings (SSSR count). The van der Waals surface area contributed by atoms with Crippen LogP contribution in [-0.2, 0) is 9.53 Å². The molecule has 0 aliphatic carbocycles. The van der Waals surface area contributed by atoms with Gasteiger partial charge in [0.25, 0.3) is 11.8 Å². The van der Waals surface area contributed by atoms with Crippen molar-refractivity contribution >= 4 is 29.3 Å². The van der Waals surface area contributed by atoms with Crippen molar-refractivity contribution in [3.63, 3.8) is 0 Å². The number of hydrogen-bond acceptors (Lipinski definition) is 5. The number of piperidine rings is 1. The number of carbonyl (C=O) groups excluding carboxylic acids is 3. The van der Waals surface area contributed by atoms with Crippen molar-refractivity contribution in [3.05, 3.63) is 64.7 Å². The number of benzene rings is 2. The third-order valence-corrected chi connectivity index (χ3v) is 6.82. The molecule has 35 heavy (non-hydrogen) atoms. The first-order valence-corrected chi connectivity index (χ1v) is 12.2. The van der Waals surface area contributed by atoms with E-state index in [4.69, 9.17) is 21.1 Å². The van der Waals surface area contributed by atoms with Crippen molar-refractivity contribution in [1.82, 2.24) is 15.1 Å². The van der Waals surface area contributed by atoms with Gasteiger partial charge in [0.15, 0.2) is 0 Å². The van der Waals surface area contributed by atoms with E-state index in [2.05, 4.69) is 5.32 Å². The lowest BCUT2D eigenvalue weighted by Crippen LogP contribution is -2.59. The van der Waals surface area contributed by atoms with Crippen LogP contribution in [-0.4, -0.2) is 72.6 Å². The highest BCUT2D eigenvalue weighted by molar-refractivity contribution is 6.30. The van der Waals surface area contributed by atoms with Crippen molar-refractivity contribution in [2.24, 2.45) is 0 Å². The SMILES string of the molecule is CCCNC(=O)[C@@H]1COC2(CCN(C(=O)c3ccc(Cl)cc3)CC2)N1C(=O)c1cccc(OC)c1. The second-order valence-corrected chi connectivity index (χ2v) is 9.21. The molecule has 3 amide bonds. The van der Waals surface area contributed by atoms with Crippen LogP contribution < -0.4 is 10.1 Å². The molecule has 8 nitrogen and oxygen atoms in total. The summed E-state index contributed by atoms with van der Waals surface area (Å²) in [6.07, 6.45) is 1.59. The minimum atomic E-state index is -0.967. The molecule has 1 atom stereocenters. The molecule has 0 saturated carbocycles. The summed E-state index contributed by atoms with van der Waals surface area (Å²) >= 11 is 5.95. The van der Waals surface area contributed by atoms with Crippen LogP contribution in [0.5, 0.6) is 5.75 Å². The van der Waals surface area contributed by atoms with Gasteiger partial charge in [0, 0.05) is 48.6 Å². The second kappa shape index (κ2) is 10.7. The lowest BCUT2D eigenvalue weighted by atomic mass is 9.96. The maximum Gasteiger partial charge on any atom is 0.257 e. The first-order valence-electron chi connectivity index (χ1n) is 11.8. The Kier molecular flexibility index (Phi) is 7.62. The Labute approximate surface area is 210 Å². The molecule has 2 aromatic carbocycles. The molecule has 2 aromatic rings. The summed E-state index contributed by atoms with van der Waals surface area (Å²) in [5.74, 6) is -0.0760. The Bertz CT molecular complexity index is 1080. The van der Waals surface area contributed by atoms with Gasteiger partial charge in [-0.05, 0) is 48.9 Å². The largest absolute Gasteiger partial charge is 0.497 e. The molecular formula is C26H30ClN3O5. The van der Waals surface area contributed by atoms with Crippen LogP contribution in [0.25, 0.3) is 0 Å². The summed E-state index contributed by atoms with van der Waals surface area (Å²) in [4.78, 5) is 43.1. The first-order chi connectivity index (χ1) is 16.9. The fourth-order valence-electron chi connectivity index (χ4n) is 4.66. The summed E-state index contributed by atoms with van der Waals surface area (Å²) in [5.41, 5.74) is 0.00605. The fraction of sp³-hybridized carbons (Fsp3) is 0.423. The molecule has 1 spiro atoms. The topological polar surface area (TPSA) is 88.2 Å². The van der Waals surface area contributed by atoms with Gasteiger partial charge in [-0.3, -0.25) is 19.3 Å². The van der Waals surface area contributed by atoms with E-state index in [9.17, 15) is 14.4 Å². The van der Waals surface area contributed by atoms with Crippen LogP contribution in [0.4, 0.5) is 0 Å². The van der Waals surface area contributed by atoms with Gasteiger partial charge in [-0.1, -0.05) is 24.6 Å². The maximum atomic E-state index is 13.8. The Hall–Kier alpha value is -3.10. The van der Waals surface area contributed by atoms with E-state index in [-0.39, 0.29) is 24.3 Å². The summed E-state index contributed by atoms with van der Waals surface area (Å²) < 4.78 is 11.5. The van der Waals surface area contributed by atoms with Crippen molar-refractivity contribution < 1.29 is 23.9 Å². The molecule has 2 aliphatic heterocycles. The molecule has 1 N–H and O–H groups in total. The molecule has 186 valence electrons. The highest BCUT2D eigenvalue weighted by atomic mass is 35.5. The normalized spacial score (nSPS) is 19.0. The zero-order valence-electron chi connectivity index (χ0n) is 20.0. The number of halogens is 1. The lowest BCUT2D eigenvalue weighted by Gasteiger charge is -2.44. The van der Waals surface area contributed by atoms with Crippen LogP contribution in [0.3, 0.4) is 0 Å². The quantitative estimate of drug-likeness (QED) is 0.658. The standard InChI is InChI=1S/C26H30ClN3O5/c1-3-13-28-23(31)22-17-35-26(30(22)25(33)19-5-4-6-21(16-19)34-2)11-14-29(15-12-26)24(32)18-7-9-20(27)10-8-18/h4-10,16,22H,3,11-15,17H2,1-2H3,(H,28,31)/t22-/m0/s1. The first kappa shape index (κ1) is 25.0. The Balaban J connectivity index is 1.57. The number of nitrogens with one attached hydrogen (secondary N) is 1. The van der Waals surface area contributed by atoms with E-state index >= 15 is 0 Å². The molecule has 2 fully saturated rings. The number of amides is 3. The van der Waals surface area contributed by atoms with E-state index in [0.717, 1.165) is 6.42 Å². The average Bonchev–Trinajstić information content (AvgIpc) is 3.25. The predicted molar refractivity (Wildman–Crippen MR) is 132 cm³/mol. The highest BCUT2D eigenvalue weighted by Crippen LogP contribution is 2.39. The third-order valence-electron chi connectivity index (χ3n) is 6.57. The molecule has 0 unspecified atom stereocenters. The van der Waals surface area contributed by atoms with Gasteiger partial charge in [-0.15, -0.1) is 0 Å². The molecule has 0 bridgehead atoms. The van der Waals surface area contributed by atoms with Crippen LogP contribution in [0.1, 0.15) is 46.9 Å². The zero-order chi connectivity index (χ0) is 25.0. The average molecular weight is 500 g/mol. The molecule has 0 aromatic heterocycles. The van der Waals surface area contributed by atoms with E-state index in [0.29, 0.717) is 54.4 Å². The van der Waals surface area contributed by atoms with Crippen molar-refractivity contribution in [1.29, 1.82) is 0 Å². The smallest absolute Gasteiger partial charge is 0.257 e. The monoisotopic (exact) mass is 499 g/mol. The summed E-state index contributed by atoms with van der Waals surface area (Å²) in [5, 5.41) is 3.46. The number of hydrogen-bond donors (Lipinski definition) is 1. The fourth-order valence-corrected chi connectivity index (χ4v) is 4.79. The van der Waals surface area contributed by atoms with E-state index < -0.39 is 11.8 Å². The van der Waals surface area contributed by atoms with Gasteiger partial charge in [-0.25, -0.2) is 0 Å². The number of likely N-dealkylation sites (tertiary alicyclic amines) is 1. The van der Waals surface area contributed by atoms with Gasteiger partial charge in [0.1, 0.15) is 17.5 Å². The minimum absolute atomic E-state index is 0.0996. The van der Waals surface area contributed by atoms with E-state index in [1.165, 1.54) is 0 Å². The van der Waals surface area contributed by atoms with Gasteiger partial charge in [-0.2, -0.15) is 0 Å². The van der Waals surface area contributed by atoms with Crippen LogP contribution in [0.2, 0.25) is 5.02 Å². The third kappa shape index (κ3) is 5.13. The molecule has 2 aliphatic rings. The molecule has 9 heteroatoms. The zero-order valence-corrected chi connectivity index (χ0v) is 20.7. The molecule has 2 heterocycles. The number of rotatable bonds is 6. The Morgan fingerprint density at radius 2 is 1.80 bits per heavy atom. The van der Waals surface area contributed by atoms with Gasteiger partial charge >= 0.3 is 0 Å². The Morgan fingerprint density at radius 3 is 2.46 bits per heavy atom. The van der Waals surface area contributed by atoms with Crippen LogP contribution >= 0.6 is 11.6 Å². The predicted octanol–water partition coefficient (Wildman–Crippen LogP) is 3.35. The summed E-state index contributed by atoms with van der Waals surface area (Å²) in [6.45, 7) is 3.39. The van der Waals surface area contributed by atoms with Crippen molar-refractivity contribution in [2.45, 2.75) is 38.0 Å². The number of nitrogens with zero attached hydrogens (tertiary/aromatic N) is 2. The summed E-state index contributed by atoms with van der Waals surface area (Å²) in [6, 6.07) is 12.9. The second-order valence-electron chi connectivity index (χ2n) is 8.77. The van der Waals surface area contributed by atoms with E-state index in [1.54, 1.807) is 65.4 Å². The minimum Gasteiger partial charge on any atom is -0.497 e. The van der Waals surface area contributed by atoms with Crippen molar-refractivity contribution in [3.8, 4) is 5.75 Å². The van der Waals surface area contributed by atoms with Crippen molar-refractivity contribution in [2.75, 3.05) is 33.4 Å². The Morgan fingerprint density at radius 1 is 1.09 bits per heavy atom. The van der Waals surface area contributed by atoms with Crippen LogP contribution in [0.15, 0.2) is 48.5 Å². The highest BCUT2D eigenvalue weighted by Gasteiger charge is 2.54. The molecule has 2 saturated heterocycles. The van der Waals surface area contributed by atoms with E-state index in [1.807, 2.05) is 6.92 Å². The lowest BCUT2D eigenvalue weighted by molar-refractivity contribution is -0.128. The van der Waals surface area contributed by atoms with Crippen LogP contribution in [0, 0.1) is 0 Å².